The van der Waals surface area contributed by atoms with Crippen LogP contribution in [0.5, 0.6) is 0 Å². The zero-order valence-electron chi connectivity index (χ0n) is 43.2. The zero-order chi connectivity index (χ0) is 48.8. The van der Waals surface area contributed by atoms with E-state index >= 15 is 0 Å². The maximum atomic E-state index is 2.49. The fourth-order valence-corrected chi connectivity index (χ4v) is 12.0. The van der Waals surface area contributed by atoms with E-state index in [0.29, 0.717) is 0 Å². The van der Waals surface area contributed by atoms with Crippen molar-refractivity contribution in [2.75, 3.05) is 0 Å². The van der Waals surface area contributed by atoms with Crippen LogP contribution in [0.15, 0.2) is 170 Å². The van der Waals surface area contributed by atoms with Crippen molar-refractivity contribution in [1.82, 2.24) is 0 Å². The molecule has 0 saturated heterocycles. The lowest BCUT2D eigenvalue weighted by Gasteiger charge is -2.23. The summed E-state index contributed by atoms with van der Waals surface area (Å²) in [5.74, 6) is 0. The summed E-state index contributed by atoms with van der Waals surface area (Å²) in [6.45, 7) is 27.7. The molecule has 0 amide bonds. The molecule has 0 N–H and O–H groups in total. The molecule has 12 rings (SSSR count). The minimum absolute atomic E-state index is 0.0519. The molecule has 0 saturated carbocycles. The maximum absolute atomic E-state index is 2.49. The van der Waals surface area contributed by atoms with Crippen LogP contribution in [0.3, 0.4) is 0 Å². The molecule has 10 aromatic carbocycles. The molecule has 10 aromatic rings. The Morgan fingerprint density at radius 1 is 0.200 bits per heavy atom. The third-order valence-electron chi connectivity index (χ3n) is 15.8. The first-order valence-electron chi connectivity index (χ1n) is 25.5. The number of rotatable bonds is 4. The van der Waals surface area contributed by atoms with Gasteiger partial charge < -0.3 is 0 Å². The summed E-state index contributed by atoms with van der Waals surface area (Å²) in [4.78, 5) is 0. The summed E-state index contributed by atoms with van der Waals surface area (Å²) in [6.07, 6.45) is 0. The molecule has 0 atom stereocenters. The molecule has 0 unspecified atom stereocenters. The predicted molar refractivity (Wildman–Crippen MR) is 304 cm³/mol. The van der Waals surface area contributed by atoms with Gasteiger partial charge in [0, 0.05) is 0 Å². The second kappa shape index (κ2) is 15.2. The van der Waals surface area contributed by atoms with E-state index in [9.17, 15) is 0 Å². The molecule has 0 spiro atoms. The summed E-state index contributed by atoms with van der Waals surface area (Å²) in [6, 6.07) is 66.2. The molecule has 2 aliphatic rings. The van der Waals surface area contributed by atoms with Gasteiger partial charge >= 0.3 is 0 Å². The van der Waals surface area contributed by atoms with E-state index in [0.717, 1.165) is 0 Å². The fraction of sp³-hybridized carbons (Fsp3) is 0.229. The Bertz CT molecular complexity index is 3270. The standard InChI is InChI=1S/C70H64/c1-67(2,3)45-29-21-41(22-30-45)57-49-17-13-14-18-50(49)58(42-23-31-46(32-24-42)68(4,5)6)64-54-39-40-56-62-55(38-37-53(61(54)62)63(57)64)65-59(43-25-33-47(34-26-43)69(7,8)9)51-19-15-16-20-52(51)60(66(56)65)44-27-35-48(36-28-44)70(10,11)12/h13-40H,1-12H3. The highest BCUT2D eigenvalue weighted by Gasteiger charge is 2.37. The highest BCUT2D eigenvalue weighted by Crippen LogP contribution is 2.64. The number of hydrogen-bond acceptors (Lipinski definition) is 0. The van der Waals surface area contributed by atoms with E-state index in [-0.39, 0.29) is 21.7 Å². The van der Waals surface area contributed by atoms with Crippen molar-refractivity contribution < 1.29 is 0 Å². The molecule has 0 radical (unpaired) electrons. The van der Waals surface area contributed by atoms with Crippen LogP contribution in [-0.2, 0) is 21.7 Å². The Hall–Kier alpha value is -7.02. The van der Waals surface area contributed by atoms with Crippen molar-refractivity contribution in [2.24, 2.45) is 0 Å². The molecule has 0 bridgehead atoms. The van der Waals surface area contributed by atoms with Crippen molar-refractivity contribution in [2.45, 2.75) is 105 Å². The highest BCUT2D eigenvalue weighted by atomic mass is 14.4. The molecular weight excluding hydrogens is 841 g/mol. The van der Waals surface area contributed by atoms with Gasteiger partial charge in [0.25, 0.3) is 0 Å². The second-order valence-corrected chi connectivity index (χ2v) is 24.5. The van der Waals surface area contributed by atoms with E-state index in [1.54, 1.807) is 0 Å². The van der Waals surface area contributed by atoms with Crippen LogP contribution in [0, 0.1) is 0 Å². The third-order valence-corrected chi connectivity index (χ3v) is 15.8. The van der Waals surface area contributed by atoms with Gasteiger partial charge in [0.2, 0.25) is 0 Å². The first-order chi connectivity index (χ1) is 33.3. The monoisotopic (exact) mass is 905 g/mol. The maximum Gasteiger partial charge on any atom is -0.000740 e. The van der Waals surface area contributed by atoms with Crippen LogP contribution in [-0.4, -0.2) is 0 Å². The Balaban J connectivity index is 1.21. The fourth-order valence-electron chi connectivity index (χ4n) is 12.0. The lowest BCUT2D eigenvalue weighted by atomic mass is 9.80. The summed E-state index contributed by atoms with van der Waals surface area (Å²) in [7, 11) is 0. The van der Waals surface area contributed by atoms with E-state index in [4.69, 9.17) is 0 Å². The molecule has 0 heterocycles. The zero-order valence-corrected chi connectivity index (χ0v) is 43.2. The molecule has 0 heteroatoms. The van der Waals surface area contributed by atoms with E-state index in [1.165, 1.54) is 144 Å². The summed E-state index contributed by atoms with van der Waals surface area (Å²) < 4.78 is 0. The number of benzene rings is 10. The lowest BCUT2D eigenvalue weighted by molar-refractivity contribution is 0.590. The lowest BCUT2D eigenvalue weighted by Crippen LogP contribution is -2.10. The van der Waals surface area contributed by atoms with E-state index in [2.05, 4.69) is 253 Å². The van der Waals surface area contributed by atoms with Gasteiger partial charge in [0.05, 0.1) is 0 Å². The van der Waals surface area contributed by atoms with Gasteiger partial charge in [-0.3, -0.25) is 0 Å². The van der Waals surface area contributed by atoms with Crippen molar-refractivity contribution in [3.8, 4) is 89.0 Å². The van der Waals surface area contributed by atoms with Crippen molar-refractivity contribution in [3.05, 3.63) is 192 Å². The topological polar surface area (TPSA) is 0 Å². The van der Waals surface area contributed by atoms with Crippen LogP contribution in [0.25, 0.3) is 121 Å². The quantitative estimate of drug-likeness (QED) is 0.165. The Morgan fingerprint density at radius 2 is 0.386 bits per heavy atom. The van der Waals surface area contributed by atoms with Gasteiger partial charge in [-0.2, -0.15) is 0 Å². The highest BCUT2D eigenvalue weighted by molar-refractivity contribution is 6.35. The number of hydrogen-bond donors (Lipinski definition) is 0. The largest absolute Gasteiger partial charge is 0.0616 e. The molecule has 344 valence electrons. The first kappa shape index (κ1) is 44.2. The van der Waals surface area contributed by atoms with Crippen LogP contribution in [0.2, 0.25) is 0 Å². The Morgan fingerprint density at radius 3 is 0.557 bits per heavy atom. The average molecular weight is 905 g/mol. The SMILES string of the molecule is CC(C)(C)c1ccc(-c2c3c(c(-c4ccc(C(C)(C)C)cc4)c4ccccc24)-c2ccc4c5c(ccc-3c25)-c2c-4c(-c3ccc(C(C)(C)C)cc3)c3ccccc3c2-c2ccc(C(C)(C)C)cc2)cc1. The van der Waals surface area contributed by atoms with Crippen molar-refractivity contribution in [3.63, 3.8) is 0 Å². The van der Waals surface area contributed by atoms with Crippen molar-refractivity contribution >= 4 is 32.3 Å². The third kappa shape index (κ3) is 6.70. The van der Waals surface area contributed by atoms with Crippen LogP contribution in [0.4, 0.5) is 0 Å². The van der Waals surface area contributed by atoms with E-state index in [1.807, 2.05) is 0 Å². The van der Waals surface area contributed by atoms with Gasteiger partial charge in [-0.05, 0) is 165 Å². The van der Waals surface area contributed by atoms with Gasteiger partial charge in [-0.15, -0.1) is 0 Å². The first-order valence-corrected chi connectivity index (χ1v) is 25.5. The second-order valence-electron chi connectivity index (χ2n) is 24.5. The van der Waals surface area contributed by atoms with Crippen LogP contribution in [0.1, 0.15) is 105 Å². The van der Waals surface area contributed by atoms with E-state index < -0.39 is 0 Å². The molecule has 0 aliphatic heterocycles. The predicted octanol–water partition coefficient (Wildman–Crippen LogP) is 20.3. The molecule has 2 aliphatic carbocycles. The summed E-state index contributed by atoms with van der Waals surface area (Å²) in [5.41, 5.74) is 26.5. The summed E-state index contributed by atoms with van der Waals surface area (Å²) in [5, 5.41) is 7.88. The molecule has 0 aromatic heterocycles. The smallest absolute Gasteiger partial charge is 0.000740 e. The van der Waals surface area contributed by atoms with Gasteiger partial charge in [0.15, 0.2) is 0 Å². The van der Waals surface area contributed by atoms with Crippen LogP contribution < -0.4 is 0 Å². The number of fused-ring (bicyclic) bond motifs is 8. The minimum Gasteiger partial charge on any atom is -0.0616 e. The van der Waals surface area contributed by atoms with Gasteiger partial charge in [-0.25, -0.2) is 0 Å². The Kier molecular flexibility index (Phi) is 9.62. The van der Waals surface area contributed by atoms with Crippen LogP contribution >= 0.6 is 0 Å². The molecule has 0 nitrogen and oxygen atoms in total. The molecule has 0 fully saturated rings. The molecule has 70 heavy (non-hydrogen) atoms. The minimum atomic E-state index is 0.0519. The molecular formula is C70H64. The van der Waals surface area contributed by atoms with Gasteiger partial charge in [0.1, 0.15) is 0 Å². The van der Waals surface area contributed by atoms with Gasteiger partial charge in [-0.1, -0.05) is 253 Å². The van der Waals surface area contributed by atoms with Crippen molar-refractivity contribution in [1.29, 1.82) is 0 Å². The normalized spacial score (nSPS) is 13.1. The Labute approximate surface area is 416 Å². The summed E-state index contributed by atoms with van der Waals surface area (Å²) >= 11 is 0. The average Bonchev–Trinajstić information content (AvgIpc) is 3.84.